The van der Waals surface area contributed by atoms with Crippen LogP contribution in [0.15, 0.2) is 65.5 Å². The molecule has 3 N–H and O–H groups in total. The van der Waals surface area contributed by atoms with Crippen LogP contribution in [0.25, 0.3) is 5.69 Å². The monoisotopic (exact) mass is 367 g/mol. The zero-order valence-electron chi connectivity index (χ0n) is 14.2. The molecule has 2 heterocycles. The van der Waals surface area contributed by atoms with E-state index in [0.717, 1.165) is 5.69 Å². The fourth-order valence-electron chi connectivity index (χ4n) is 2.25. The van der Waals surface area contributed by atoms with E-state index in [9.17, 15) is 14.4 Å². The van der Waals surface area contributed by atoms with Crippen molar-refractivity contribution >= 4 is 17.7 Å². The summed E-state index contributed by atoms with van der Waals surface area (Å²) in [6.45, 7) is 0.0753. The van der Waals surface area contributed by atoms with E-state index < -0.39 is 17.7 Å². The predicted octanol–water partition coefficient (Wildman–Crippen LogP) is 0.472. The van der Waals surface area contributed by atoms with E-state index in [1.165, 1.54) is 6.26 Å². The van der Waals surface area contributed by atoms with E-state index >= 15 is 0 Å². The quantitative estimate of drug-likeness (QED) is 0.448. The Kier molecular flexibility index (Phi) is 5.63. The van der Waals surface area contributed by atoms with Gasteiger partial charge in [0.15, 0.2) is 0 Å². The summed E-state index contributed by atoms with van der Waals surface area (Å²) < 4.78 is 6.68. The number of hydrogen-bond acceptors (Lipinski definition) is 5. The molecule has 3 rings (SSSR count). The first-order valence-electron chi connectivity index (χ1n) is 8.10. The lowest BCUT2D eigenvalue weighted by molar-refractivity contribution is -0.141. The number of nitrogens with zero attached hydrogens (tertiary/aromatic N) is 2. The highest BCUT2D eigenvalue weighted by atomic mass is 16.3. The first-order valence-corrected chi connectivity index (χ1v) is 8.10. The number of hydrogen-bond donors (Lipinski definition) is 3. The van der Waals surface area contributed by atoms with Crippen LogP contribution in [-0.4, -0.2) is 27.5 Å². The first-order chi connectivity index (χ1) is 13.1. The van der Waals surface area contributed by atoms with Crippen LogP contribution in [0.4, 0.5) is 0 Å². The number of amides is 3. The number of carbonyl (C=O) groups is 3. The van der Waals surface area contributed by atoms with Gasteiger partial charge in [0, 0.05) is 6.20 Å². The maximum Gasteiger partial charge on any atom is 0.327 e. The SMILES string of the molecule is O=C(Cc1cnn(-c2ccccc2)c1)NNC(=O)C(=O)NCc1ccco1. The Balaban J connectivity index is 1.43. The number of hydrazine groups is 1. The molecular weight excluding hydrogens is 350 g/mol. The van der Waals surface area contributed by atoms with Gasteiger partial charge in [-0.05, 0) is 29.8 Å². The van der Waals surface area contributed by atoms with Crippen LogP contribution in [-0.2, 0) is 27.3 Å². The van der Waals surface area contributed by atoms with Gasteiger partial charge in [-0.25, -0.2) is 4.68 Å². The van der Waals surface area contributed by atoms with Crippen molar-refractivity contribution in [1.29, 1.82) is 0 Å². The number of para-hydroxylation sites is 1. The molecular formula is C18H17N5O4. The largest absolute Gasteiger partial charge is 0.467 e. The zero-order valence-corrected chi connectivity index (χ0v) is 14.2. The van der Waals surface area contributed by atoms with Gasteiger partial charge in [-0.2, -0.15) is 5.10 Å². The van der Waals surface area contributed by atoms with Crippen LogP contribution in [0.5, 0.6) is 0 Å². The summed E-state index contributed by atoms with van der Waals surface area (Å²) in [5.74, 6) is -1.83. The van der Waals surface area contributed by atoms with Gasteiger partial charge in [0.2, 0.25) is 5.91 Å². The number of aromatic nitrogens is 2. The van der Waals surface area contributed by atoms with Gasteiger partial charge >= 0.3 is 11.8 Å². The summed E-state index contributed by atoms with van der Waals surface area (Å²) in [5, 5.41) is 6.56. The number of rotatable bonds is 5. The van der Waals surface area contributed by atoms with Crippen molar-refractivity contribution in [3.8, 4) is 5.69 Å². The number of nitrogens with one attached hydrogen (secondary N) is 3. The second-order valence-corrected chi connectivity index (χ2v) is 5.57. The first kappa shape index (κ1) is 17.9. The summed E-state index contributed by atoms with van der Waals surface area (Å²) in [5.41, 5.74) is 5.78. The second-order valence-electron chi connectivity index (χ2n) is 5.57. The summed E-state index contributed by atoms with van der Waals surface area (Å²) in [6.07, 6.45) is 4.74. The van der Waals surface area contributed by atoms with E-state index in [1.54, 1.807) is 29.2 Å². The minimum absolute atomic E-state index is 0.00112. The van der Waals surface area contributed by atoms with Gasteiger partial charge in [0.05, 0.1) is 31.1 Å². The van der Waals surface area contributed by atoms with Crippen molar-refractivity contribution < 1.29 is 18.8 Å². The molecule has 9 nitrogen and oxygen atoms in total. The third-order valence-electron chi connectivity index (χ3n) is 3.55. The Morgan fingerprint density at radius 1 is 1.00 bits per heavy atom. The van der Waals surface area contributed by atoms with E-state index in [-0.39, 0.29) is 13.0 Å². The summed E-state index contributed by atoms with van der Waals surface area (Å²) in [7, 11) is 0. The third-order valence-corrected chi connectivity index (χ3v) is 3.55. The fraction of sp³-hybridized carbons (Fsp3) is 0.111. The van der Waals surface area contributed by atoms with E-state index in [2.05, 4.69) is 21.3 Å². The van der Waals surface area contributed by atoms with Gasteiger partial charge in [0.25, 0.3) is 0 Å². The number of benzene rings is 1. The van der Waals surface area contributed by atoms with Crippen molar-refractivity contribution in [2.75, 3.05) is 0 Å². The lowest BCUT2D eigenvalue weighted by Crippen LogP contribution is -2.48. The van der Waals surface area contributed by atoms with Crippen molar-refractivity contribution in [2.45, 2.75) is 13.0 Å². The van der Waals surface area contributed by atoms with Crippen molar-refractivity contribution in [3.63, 3.8) is 0 Å². The molecule has 0 bridgehead atoms. The molecule has 9 heteroatoms. The second kappa shape index (κ2) is 8.48. The van der Waals surface area contributed by atoms with Gasteiger partial charge in [-0.15, -0.1) is 0 Å². The Morgan fingerprint density at radius 2 is 1.81 bits per heavy atom. The van der Waals surface area contributed by atoms with E-state index in [1.807, 2.05) is 30.3 Å². The van der Waals surface area contributed by atoms with Crippen LogP contribution in [0.1, 0.15) is 11.3 Å². The summed E-state index contributed by atoms with van der Waals surface area (Å²) >= 11 is 0. The van der Waals surface area contributed by atoms with Gasteiger partial charge in [0.1, 0.15) is 5.76 Å². The summed E-state index contributed by atoms with van der Waals surface area (Å²) in [6, 6.07) is 12.8. The zero-order chi connectivity index (χ0) is 19.1. The average Bonchev–Trinajstić information content (AvgIpc) is 3.37. The van der Waals surface area contributed by atoms with Gasteiger partial charge in [-0.1, -0.05) is 18.2 Å². The van der Waals surface area contributed by atoms with E-state index in [4.69, 9.17) is 4.42 Å². The molecule has 0 atom stereocenters. The van der Waals surface area contributed by atoms with E-state index in [0.29, 0.717) is 11.3 Å². The standard InChI is InChI=1S/C18H17N5O4/c24-16(9-13-10-20-23(12-13)14-5-2-1-3-6-14)21-22-18(26)17(25)19-11-15-7-4-8-27-15/h1-8,10,12H,9,11H2,(H,19,25)(H,21,24)(H,22,26). The molecule has 138 valence electrons. The molecule has 0 spiro atoms. The Labute approximate surface area is 154 Å². The molecule has 0 saturated carbocycles. The molecule has 0 aliphatic heterocycles. The molecule has 0 aliphatic rings. The van der Waals surface area contributed by atoms with Crippen LogP contribution >= 0.6 is 0 Å². The van der Waals surface area contributed by atoms with Crippen molar-refractivity contribution in [1.82, 2.24) is 25.9 Å². The van der Waals surface area contributed by atoms with Gasteiger partial charge < -0.3 is 9.73 Å². The highest BCUT2D eigenvalue weighted by Crippen LogP contribution is 2.07. The lowest BCUT2D eigenvalue weighted by atomic mass is 10.2. The predicted molar refractivity (Wildman–Crippen MR) is 94.1 cm³/mol. The summed E-state index contributed by atoms with van der Waals surface area (Å²) in [4.78, 5) is 35.2. The molecule has 0 aliphatic carbocycles. The van der Waals surface area contributed by atoms with Gasteiger partial charge in [-0.3, -0.25) is 25.2 Å². The Bertz CT molecular complexity index is 918. The minimum Gasteiger partial charge on any atom is -0.467 e. The lowest BCUT2D eigenvalue weighted by Gasteiger charge is -2.06. The molecule has 3 aromatic rings. The molecule has 27 heavy (non-hydrogen) atoms. The maximum atomic E-state index is 11.9. The highest BCUT2D eigenvalue weighted by Gasteiger charge is 2.15. The molecule has 3 amide bonds. The maximum absolute atomic E-state index is 11.9. The number of carbonyl (C=O) groups excluding carboxylic acids is 3. The molecule has 1 aromatic carbocycles. The highest BCUT2D eigenvalue weighted by molar-refractivity contribution is 6.35. The minimum atomic E-state index is -0.977. The molecule has 2 aromatic heterocycles. The van der Waals surface area contributed by atoms with Crippen molar-refractivity contribution in [3.05, 3.63) is 72.4 Å². The molecule has 0 fully saturated rings. The normalized spacial score (nSPS) is 10.2. The fourth-order valence-corrected chi connectivity index (χ4v) is 2.25. The topological polar surface area (TPSA) is 118 Å². The average molecular weight is 367 g/mol. The molecule has 0 unspecified atom stereocenters. The molecule has 0 saturated heterocycles. The van der Waals surface area contributed by atoms with Crippen LogP contribution in [0.3, 0.4) is 0 Å². The third kappa shape index (κ3) is 5.05. The van der Waals surface area contributed by atoms with Crippen molar-refractivity contribution in [2.24, 2.45) is 0 Å². The van der Waals surface area contributed by atoms with Crippen LogP contribution < -0.4 is 16.2 Å². The molecule has 0 radical (unpaired) electrons. The Hall–Kier alpha value is -3.88. The Morgan fingerprint density at radius 3 is 2.56 bits per heavy atom. The number of furan rings is 1. The van der Waals surface area contributed by atoms with Crippen LogP contribution in [0.2, 0.25) is 0 Å². The smallest absolute Gasteiger partial charge is 0.327 e. The van der Waals surface area contributed by atoms with Crippen LogP contribution in [0, 0.1) is 0 Å².